The lowest BCUT2D eigenvalue weighted by Crippen LogP contribution is -2.33. The smallest absolute Gasteiger partial charge is 0.183 e. The van der Waals surface area contributed by atoms with Crippen molar-refractivity contribution in [3.63, 3.8) is 0 Å². The molecule has 0 aliphatic rings. The summed E-state index contributed by atoms with van der Waals surface area (Å²) in [4.78, 5) is 0. The van der Waals surface area contributed by atoms with Crippen molar-refractivity contribution in [1.82, 2.24) is 0 Å². The lowest BCUT2D eigenvalue weighted by atomic mass is 10.1. The molecule has 1 atom stereocenters. The van der Waals surface area contributed by atoms with Crippen LogP contribution >= 0.6 is 15.9 Å². The maximum absolute atomic E-state index is 10.0. The third kappa shape index (κ3) is 5.17. The predicted octanol–water partition coefficient (Wildman–Crippen LogP) is 2.75. The van der Waals surface area contributed by atoms with Gasteiger partial charge in [0.2, 0.25) is 0 Å². The standard InChI is InChI=1S/C13H19BrO3/c1-3-16-13(17-4-2)12(15)9-10-5-7-11(14)8-6-10/h5-8,12-13,15H,3-4,9H2,1-2H3. The minimum absolute atomic E-state index is 0.526. The van der Waals surface area contributed by atoms with Gasteiger partial charge in [-0.1, -0.05) is 28.1 Å². The second kappa shape index (κ2) is 7.82. The quantitative estimate of drug-likeness (QED) is 0.787. The van der Waals surface area contributed by atoms with Crippen molar-refractivity contribution >= 4 is 15.9 Å². The molecule has 0 saturated heterocycles. The van der Waals surface area contributed by atoms with Gasteiger partial charge in [0, 0.05) is 24.1 Å². The number of rotatable bonds is 7. The molecule has 0 amide bonds. The van der Waals surface area contributed by atoms with Crippen molar-refractivity contribution in [1.29, 1.82) is 0 Å². The molecule has 0 spiro atoms. The summed E-state index contributed by atoms with van der Waals surface area (Å²) < 4.78 is 11.7. The minimum atomic E-state index is -0.643. The Balaban J connectivity index is 2.55. The lowest BCUT2D eigenvalue weighted by Gasteiger charge is -2.22. The summed E-state index contributed by atoms with van der Waals surface area (Å²) in [6.45, 7) is 4.83. The topological polar surface area (TPSA) is 38.7 Å². The Morgan fingerprint density at radius 3 is 2.12 bits per heavy atom. The van der Waals surface area contributed by atoms with Crippen molar-refractivity contribution < 1.29 is 14.6 Å². The molecule has 1 unspecified atom stereocenters. The molecule has 1 rings (SSSR count). The van der Waals surface area contributed by atoms with Crippen LogP contribution in [0.2, 0.25) is 0 Å². The van der Waals surface area contributed by atoms with E-state index in [1.807, 2.05) is 38.1 Å². The van der Waals surface area contributed by atoms with E-state index >= 15 is 0 Å². The zero-order valence-electron chi connectivity index (χ0n) is 10.2. The Morgan fingerprint density at radius 1 is 1.12 bits per heavy atom. The summed E-state index contributed by atoms with van der Waals surface area (Å²) >= 11 is 3.38. The van der Waals surface area contributed by atoms with Gasteiger partial charge < -0.3 is 14.6 Å². The number of halogens is 1. The first-order valence-corrected chi connectivity index (χ1v) is 6.62. The van der Waals surface area contributed by atoms with E-state index in [0.717, 1.165) is 10.0 Å². The van der Waals surface area contributed by atoms with E-state index in [1.165, 1.54) is 0 Å². The molecule has 0 aliphatic carbocycles. The van der Waals surface area contributed by atoms with Crippen molar-refractivity contribution in [2.45, 2.75) is 32.7 Å². The summed E-state index contributed by atoms with van der Waals surface area (Å²) in [5.41, 5.74) is 1.06. The number of hydrogen-bond acceptors (Lipinski definition) is 3. The van der Waals surface area contributed by atoms with Crippen LogP contribution < -0.4 is 0 Å². The van der Waals surface area contributed by atoms with Crippen LogP contribution in [0.25, 0.3) is 0 Å². The SMILES string of the molecule is CCOC(OCC)C(O)Cc1ccc(Br)cc1. The number of benzene rings is 1. The summed E-state index contributed by atoms with van der Waals surface area (Å²) in [5, 5.41) is 10.0. The van der Waals surface area contributed by atoms with Gasteiger partial charge in [-0.2, -0.15) is 0 Å². The van der Waals surface area contributed by atoms with E-state index in [9.17, 15) is 5.11 Å². The lowest BCUT2D eigenvalue weighted by molar-refractivity contribution is -0.188. The van der Waals surface area contributed by atoms with Crippen molar-refractivity contribution in [2.24, 2.45) is 0 Å². The van der Waals surface area contributed by atoms with Crippen LogP contribution in [0.1, 0.15) is 19.4 Å². The van der Waals surface area contributed by atoms with Gasteiger partial charge in [-0.15, -0.1) is 0 Å². The van der Waals surface area contributed by atoms with Crippen LogP contribution in [-0.2, 0) is 15.9 Å². The van der Waals surface area contributed by atoms with Gasteiger partial charge in [-0.3, -0.25) is 0 Å². The molecule has 1 aromatic carbocycles. The summed E-state index contributed by atoms with van der Waals surface area (Å²) in [5.74, 6) is 0. The summed E-state index contributed by atoms with van der Waals surface area (Å²) in [6, 6.07) is 7.86. The highest BCUT2D eigenvalue weighted by molar-refractivity contribution is 9.10. The molecule has 96 valence electrons. The van der Waals surface area contributed by atoms with E-state index < -0.39 is 12.4 Å². The molecule has 1 N–H and O–H groups in total. The molecule has 0 fully saturated rings. The molecule has 0 radical (unpaired) electrons. The summed E-state index contributed by atoms with van der Waals surface area (Å²) in [6.07, 6.45) is -0.664. The number of ether oxygens (including phenoxy) is 2. The third-order valence-corrected chi connectivity index (χ3v) is 2.86. The van der Waals surface area contributed by atoms with Crippen molar-refractivity contribution in [3.05, 3.63) is 34.3 Å². The summed E-state index contributed by atoms with van der Waals surface area (Å²) in [7, 11) is 0. The van der Waals surface area contributed by atoms with Gasteiger partial charge in [0.05, 0.1) is 0 Å². The second-order valence-corrected chi connectivity index (χ2v) is 4.59. The van der Waals surface area contributed by atoms with E-state index in [-0.39, 0.29) is 0 Å². The molecule has 1 aromatic rings. The fourth-order valence-corrected chi connectivity index (χ4v) is 1.82. The van der Waals surface area contributed by atoms with Crippen LogP contribution in [0.15, 0.2) is 28.7 Å². The highest BCUT2D eigenvalue weighted by Crippen LogP contribution is 2.14. The van der Waals surface area contributed by atoms with Crippen molar-refractivity contribution in [3.8, 4) is 0 Å². The highest BCUT2D eigenvalue weighted by atomic mass is 79.9. The van der Waals surface area contributed by atoms with Crippen molar-refractivity contribution in [2.75, 3.05) is 13.2 Å². The van der Waals surface area contributed by atoms with Gasteiger partial charge >= 0.3 is 0 Å². The maximum atomic E-state index is 10.0. The van der Waals surface area contributed by atoms with E-state index in [4.69, 9.17) is 9.47 Å². The van der Waals surface area contributed by atoms with Crippen LogP contribution in [-0.4, -0.2) is 30.7 Å². The molecule has 0 aliphatic heterocycles. The fourth-order valence-electron chi connectivity index (χ4n) is 1.56. The predicted molar refractivity (Wildman–Crippen MR) is 70.9 cm³/mol. The molecular weight excluding hydrogens is 284 g/mol. The zero-order valence-corrected chi connectivity index (χ0v) is 11.8. The van der Waals surface area contributed by atoms with Gasteiger partial charge in [0.25, 0.3) is 0 Å². The molecular formula is C13H19BrO3. The maximum Gasteiger partial charge on any atom is 0.183 e. The normalized spacial score (nSPS) is 13.0. The molecule has 0 heterocycles. The molecule has 0 saturated carbocycles. The molecule has 4 heteroatoms. The minimum Gasteiger partial charge on any atom is -0.387 e. The number of aliphatic hydroxyl groups excluding tert-OH is 1. The van der Waals surface area contributed by atoms with Gasteiger partial charge in [-0.25, -0.2) is 0 Å². The Hall–Kier alpha value is -0.420. The average Bonchev–Trinajstić information content (AvgIpc) is 2.32. The average molecular weight is 303 g/mol. The first-order chi connectivity index (χ1) is 8.17. The Kier molecular flexibility index (Phi) is 6.73. The van der Waals surface area contributed by atoms with Gasteiger partial charge in [-0.05, 0) is 31.5 Å². The first kappa shape index (κ1) is 14.6. The molecule has 17 heavy (non-hydrogen) atoms. The third-order valence-electron chi connectivity index (χ3n) is 2.33. The largest absolute Gasteiger partial charge is 0.387 e. The van der Waals surface area contributed by atoms with Crippen LogP contribution in [0, 0.1) is 0 Å². The monoisotopic (exact) mass is 302 g/mol. The molecule has 3 nitrogen and oxygen atoms in total. The van der Waals surface area contributed by atoms with E-state index in [2.05, 4.69) is 15.9 Å². The van der Waals surface area contributed by atoms with E-state index in [1.54, 1.807) is 0 Å². The molecule has 0 aromatic heterocycles. The Morgan fingerprint density at radius 2 is 1.65 bits per heavy atom. The van der Waals surface area contributed by atoms with Gasteiger partial charge in [0.15, 0.2) is 6.29 Å². The Labute approximate surface area is 111 Å². The Bertz CT molecular complexity index is 307. The zero-order chi connectivity index (χ0) is 12.7. The van der Waals surface area contributed by atoms with Crippen LogP contribution in [0.5, 0.6) is 0 Å². The van der Waals surface area contributed by atoms with Gasteiger partial charge in [0.1, 0.15) is 6.10 Å². The number of hydrogen-bond donors (Lipinski definition) is 1. The fraction of sp³-hybridized carbons (Fsp3) is 0.538. The first-order valence-electron chi connectivity index (χ1n) is 5.83. The van der Waals surface area contributed by atoms with Crippen LogP contribution in [0.4, 0.5) is 0 Å². The van der Waals surface area contributed by atoms with E-state index in [0.29, 0.717) is 19.6 Å². The number of aliphatic hydroxyl groups is 1. The molecule has 0 bridgehead atoms. The highest BCUT2D eigenvalue weighted by Gasteiger charge is 2.19. The second-order valence-electron chi connectivity index (χ2n) is 3.68. The van der Waals surface area contributed by atoms with Crippen LogP contribution in [0.3, 0.4) is 0 Å².